The van der Waals surface area contributed by atoms with Gasteiger partial charge < -0.3 is 14.2 Å². The summed E-state index contributed by atoms with van der Waals surface area (Å²) in [6.45, 7) is 6.63. The summed E-state index contributed by atoms with van der Waals surface area (Å²) in [7, 11) is 0. The van der Waals surface area contributed by atoms with Crippen LogP contribution in [0.3, 0.4) is 0 Å². The molecule has 1 atom stereocenters. The third-order valence-corrected chi connectivity index (χ3v) is 14.7. The van der Waals surface area contributed by atoms with Crippen molar-refractivity contribution in [1.29, 1.82) is 0 Å². The number of hydrogen-bond acceptors (Lipinski definition) is 6. The number of carbonyl (C=O) groups is 3. The zero-order chi connectivity index (χ0) is 55.7. The molecule has 6 heteroatoms. The Morgan fingerprint density at radius 3 is 0.753 bits per heavy atom. The lowest BCUT2D eigenvalue weighted by molar-refractivity contribution is -0.167. The van der Waals surface area contributed by atoms with Gasteiger partial charge in [0, 0.05) is 19.3 Å². The van der Waals surface area contributed by atoms with Crippen molar-refractivity contribution in [3.8, 4) is 0 Å². The van der Waals surface area contributed by atoms with E-state index >= 15 is 0 Å². The van der Waals surface area contributed by atoms with Gasteiger partial charge in [0.15, 0.2) is 6.10 Å². The third-order valence-electron chi connectivity index (χ3n) is 14.7. The standard InChI is InChI=1S/C71H126O6/c1-4-7-10-13-16-19-22-25-28-31-34-35-38-40-43-46-49-52-55-58-61-64-70(73)76-67-68(77-71(74)65-62-59-56-53-50-47-44-41-37-33-30-27-24-21-18-15-12-9-6-3)66-75-69(72)63-60-57-54-51-48-45-42-39-36-32-29-26-23-20-17-14-11-8-5-2/h18,21-22,25,27,30-31,34,37-38,40-41,68H,4-17,19-20,23-24,26,28-29,32-33,35-36,39,42-67H2,1-3H3/b21-18-,25-22-,30-27-,34-31-,40-38-,41-37-. The van der Waals surface area contributed by atoms with Crippen LogP contribution in [0.25, 0.3) is 0 Å². The fourth-order valence-electron chi connectivity index (χ4n) is 9.64. The molecule has 0 heterocycles. The van der Waals surface area contributed by atoms with Crippen molar-refractivity contribution in [1.82, 2.24) is 0 Å². The fraction of sp³-hybridized carbons (Fsp3) is 0.789. The van der Waals surface area contributed by atoms with Crippen LogP contribution in [-0.2, 0) is 28.6 Å². The molecule has 0 fully saturated rings. The SMILES string of the molecule is CCCCC/C=C\C/C=C\C/C=C\CCCCCCCCC(=O)OC(COC(=O)CCCCCCCC/C=C\C/C=C\C/C=C\CCCCCCC)COC(=O)CCCCCCCCCCCCCCCCCCCCC. The molecule has 446 valence electrons. The molecule has 0 aromatic heterocycles. The van der Waals surface area contributed by atoms with Crippen LogP contribution >= 0.6 is 0 Å². The normalized spacial score (nSPS) is 12.5. The maximum absolute atomic E-state index is 12.9. The van der Waals surface area contributed by atoms with Crippen molar-refractivity contribution in [2.24, 2.45) is 0 Å². The molecular weight excluding hydrogens is 949 g/mol. The molecule has 0 saturated carbocycles. The molecule has 0 radical (unpaired) electrons. The van der Waals surface area contributed by atoms with Crippen molar-refractivity contribution in [3.63, 3.8) is 0 Å². The van der Waals surface area contributed by atoms with Gasteiger partial charge in [-0.3, -0.25) is 14.4 Å². The van der Waals surface area contributed by atoms with E-state index in [1.54, 1.807) is 0 Å². The summed E-state index contributed by atoms with van der Waals surface area (Å²) in [5.74, 6) is -0.889. The van der Waals surface area contributed by atoms with Crippen LogP contribution in [0.2, 0.25) is 0 Å². The highest BCUT2D eigenvalue weighted by Gasteiger charge is 2.19. The molecule has 0 saturated heterocycles. The minimum atomic E-state index is -0.789. The molecule has 77 heavy (non-hydrogen) atoms. The quantitative estimate of drug-likeness (QED) is 0.0261. The van der Waals surface area contributed by atoms with E-state index in [9.17, 15) is 14.4 Å². The Morgan fingerprint density at radius 2 is 0.468 bits per heavy atom. The van der Waals surface area contributed by atoms with Crippen LogP contribution < -0.4 is 0 Å². The van der Waals surface area contributed by atoms with Crippen molar-refractivity contribution in [2.45, 2.75) is 348 Å². The zero-order valence-electron chi connectivity index (χ0n) is 51.2. The Morgan fingerprint density at radius 1 is 0.260 bits per heavy atom. The van der Waals surface area contributed by atoms with E-state index in [-0.39, 0.29) is 31.1 Å². The van der Waals surface area contributed by atoms with Crippen LogP contribution in [0, 0.1) is 0 Å². The predicted octanol–water partition coefficient (Wildman–Crippen LogP) is 22.9. The molecule has 0 amide bonds. The number of carbonyl (C=O) groups excluding carboxylic acids is 3. The van der Waals surface area contributed by atoms with Gasteiger partial charge in [-0.05, 0) is 96.3 Å². The first kappa shape index (κ1) is 73.8. The first-order chi connectivity index (χ1) is 38.0. The second kappa shape index (κ2) is 65.4. The van der Waals surface area contributed by atoms with Gasteiger partial charge in [-0.2, -0.15) is 0 Å². The molecule has 0 aliphatic rings. The van der Waals surface area contributed by atoms with Gasteiger partial charge in [-0.15, -0.1) is 0 Å². The van der Waals surface area contributed by atoms with Gasteiger partial charge in [-0.25, -0.2) is 0 Å². The molecule has 0 aromatic carbocycles. The second-order valence-electron chi connectivity index (χ2n) is 22.4. The largest absolute Gasteiger partial charge is 0.462 e. The number of rotatable bonds is 61. The Kier molecular flexibility index (Phi) is 62.7. The molecule has 0 spiro atoms. The summed E-state index contributed by atoms with van der Waals surface area (Å²) in [5.41, 5.74) is 0. The number of ether oxygens (including phenoxy) is 3. The molecule has 0 aromatic rings. The highest BCUT2D eigenvalue weighted by molar-refractivity contribution is 5.71. The molecule has 1 unspecified atom stereocenters. The van der Waals surface area contributed by atoms with Crippen molar-refractivity contribution >= 4 is 17.9 Å². The minimum absolute atomic E-state index is 0.0822. The maximum atomic E-state index is 12.9. The van der Waals surface area contributed by atoms with Gasteiger partial charge in [0.25, 0.3) is 0 Å². The Labute approximate surface area is 478 Å². The van der Waals surface area contributed by atoms with Crippen molar-refractivity contribution in [3.05, 3.63) is 72.9 Å². The van der Waals surface area contributed by atoms with E-state index < -0.39 is 6.10 Å². The van der Waals surface area contributed by atoms with E-state index in [1.807, 2.05) is 0 Å². The van der Waals surface area contributed by atoms with Gasteiger partial charge in [0.05, 0.1) is 0 Å². The lowest BCUT2D eigenvalue weighted by Gasteiger charge is -2.18. The number of esters is 3. The highest BCUT2D eigenvalue weighted by Crippen LogP contribution is 2.17. The number of unbranched alkanes of at least 4 members (excludes halogenated alkanes) is 38. The molecular formula is C71H126O6. The smallest absolute Gasteiger partial charge is 0.306 e. The monoisotopic (exact) mass is 1070 g/mol. The Balaban J connectivity index is 4.41. The summed E-state index contributed by atoms with van der Waals surface area (Å²) in [6, 6.07) is 0. The molecule has 0 bridgehead atoms. The lowest BCUT2D eigenvalue weighted by atomic mass is 10.0. The summed E-state index contributed by atoms with van der Waals surface area (Å²) in [6.07, 6.45) is 84.7. The van der Waals surface area contributed by atoms with E-state index in [4.69, 9.17) is 14.2 Å². The van der Waals surface area contributed by atoms with Crippen LogP contribution in [0.5, 0.6) is 0 Å². The summed E-state index contributed by atoms with van der Waals surface area (Å²) < 4.78 is 17.0. The molecule has 0 N–H and O–H groups in total. The first-order valence-electron chi connectivity index (χ1n) is 33.4. The average Bonchev–Trinajstić information content (AvgIpc) is 3.43. The van der Waals surface area contributed by atoms with E-state index in [0.29, 0.717) is 19.3 Å². The van der Waals surface area contributed by atoms with Gasteiger partial charge >= 0.3 is 17.9 Å². The summed E-state index contributed by atoms with van der Waals surface area (Å²) in [4.78, 5) is 38.4. The van der Waals surface area contributed by atoms with Gasteiger partial charge in [0.1, 0.15) is 13.2 Å². The topological polar surface area (TPSA) is 78.9 Å². The molecule has 0 aliphatic carbocycles. The van der Waals surface area contributed by atoms with Gasteiger partial charge in [0.2, 0.25) is 0 Å². The Hall–Kier alpha value is -3.15. The number of hydrogen-bond donors (Lipinski definition) is 0. The average molecular weight is 1080 g/mol. The van der Waals surface area contributed by atoms with E-state index in [1.165, 1.54) is 199 Å². The Bertz CT molecular complexity index is 1420. The van der Waals surface area contributed by atoms with E-state index in [2.05, 4.69) is 93.7 Å². The van der Waals surface area contributed by atoms with Crippen LogP contribution in [0.15, 0.2) is 72.9 Å². The van der Waals surface area contributed by atoms with Crippen molar-refractivity contribution < 1.29 is 28.6 Å². The van der Waals surface area contributed by atoms with Crippen LogP contribution in [0.1, 0.15) is 342 Å². The van der Waals surface area contributed by atoms with Crippen LogP contribution in [-0.4, -0.2) is 37.2 Å². The van der Waals surface area contributed by atoms with Crippen molar-refractivity contribution in [2.75, 3.05) is 13.2 Å². The van der Waals surface area contributed by atoms with Gasteiger partial charge in [-0.1, -0.05) is 299 Å². The summed E-state index contributed by atoms with van der Waals surface area (Å²) in [5, 5.41) is 0. The van der Waals surface area contributed by atoms with Crippen LogP contribution in [0.4, 0.5) is 0 Å². The third kappa shape index (κ3) is 63.6. The highest BCUT2D eigenvalue weighted by atomic mass is 16.6. The first-order valence-corrected chi connectivity index (χ1v) is 33.4. The molecule has 0 rings (SSSR count). The minimum Gasteiger partial charge on any atom is -0.462 e. The fourth-order valence-corrected chi connectivity index (χ4v) is 9.64. The van der Waals surface area contributed by atoms with E-state index in [0.717, 1.165) is 103 Å². The second-order valence-corrected chi connectivity index (χ2v) is 22.4. The molecule has 6 nitrogen and oxygen atoms in total. The molecule has 0 aliphatic heterocycles. The predicted molar refractivity (Wildman–Crippen MR) is 335 cm³/mol. The zero-order valence-corrected chi connectivity index (χ0v) is 51.2. The lowest BCUT2D eigenvalue weighted by Crippen LogP contribution is -2.30. The maximum Gasteiger partial charge on any atom is 0.306 e. The summed E-state index contributed by atoms with van der Waals surface area (Å²) >= 11 is 0. The number of allylic oxidation sites excluding steroid dienone is 12.